The predicted octanol–water partition coefficient (Wildman–Crippen LogP) is 2.53. The van der Waals surface area contributed by atoms with Crippen LogP contribution in [0.4, 0.5) is 4.79 Å². The van der Waals surface area contributed by atoms with Crippen LogP contribution in [0.25, 0.3) is 0 Å². The van der Waals surface area contributed by atoms with Crippen LogP contribution < -0.4 is 21.7 Å². The minimum Gasteiger partial charge on any atom is -0.463 e. The minimum absolute atomic E-state index is 0.0417. The third-order valence-electron chi connectivity index (χ3n) is 9.63. The summed E-state index contributed by atoms with van der Waals surface area (Å²) in [5.74, 6) is -3.06. The van der Waals surface area contributed by atoms with Gasteiger partial charge in [-0.2, -0.15) is 0 Å². The molecule has 5 N–H and O–H groups in total. The highest BCUT2D eigenvalue weighted by Crippen LogP contribution is 2.65. The van der Waals surface area contributed by atoms with E-state index in [1.54, 1.807) is 20.8 Å². The molecule has 12 heteroatoms. The van der Waals surface area contributed by atoms with Gasteiger partial charge in [-0.25, -0.2) is 4.79 Å². The zero-order valence-corrected chi connectivity index (χ0v) is 29.0. The second-order valence-electron chi connectivity index (χ2n) is 17.0. The lowest BCUT2D eigenvalue weighted by molar-refractivity contribution is -0.154. The maximum Gasteiger partial charge on any atom is 0.315 e. The van der Waals surface area contributed by atoms with Crippen molar-refractivity contribution in [2.45, 2.75) is 120 Å². The summed E-state index contributed by atoms with van der Waals surface area (Å²) in [5, 5.41) is 8.50. The molecule has 254 valence electrons. The number of rotatable bonds is 11. The van der Waals surface area contributed by atoms with Crippen LogP contribution in [0, 0.1) is 39.4 Å². The first-order chi connectivity index (χ1) is 20.4. The number of primary amides is 1. The number of ether oxygens (including phenoxy) is 1. The summed E-state index contributed by atoms with van der Waals surface area (Å²) >= 11 is 0. The minimum atomic E-state index is -1.10. The van der Waals surface area contributed by atoms with Gasteiger partial charge in [0.2, 0.25) is 17.6 Å². The molecule has 5 amide bonds. The predicted molar refractivity (Wildman–Crippen MR) is 168 cm³/mol. The molecule has 3 aliphatic rings. The monoisotopic (exact) mass is 633 g/mol. The number of carbonyl (C=O) groups is 6. The summed E-state index contributed by atoms with van der Waals surface area (Å²) < 4.78 is 5.51. The van der Waals surface area contributed by atoms with Crippen molar-refractivity contribution in [2.75, 3.05) is 13.2 Å². The van der Waals surface area contributed by atoms with Gasteiger partial charge in [-0.05, 0) is 61.2 Å². The van der Waals surface area contributed by atoms with E-state index in [2.05, 4.69) is 16.0 Å². The molecule has 3 fully saturated rings. The first kappa shape index (κ1) is 36.3. The molecule has 1 aliphatic heterocycles. The Morgan fingerprint density at radius 2 is 1.47 bits per heavy atom. The number of urea groups is 1. The Bertz CT molecular complexity index is 1210. The molecule has 3 rings (SSSR count). The van der Waals surface area contributed by atoms with Crippen molar-refractivity contribution >= 4 is 35.5 Å². The van der Waals surface area contributed by atoms with E-state index < -0.39 is 75.9 Å². The number of Topliss-reactive ketones (excluding diaryl/α,β-unsaturated/α-hetero) is 1. The molecule has 6 atom stereocenters. The zero-order chi connectivity index (χ0) is 34.4. The molecule has 0 aromatic rings. The number of piperidine rings is 1. The lowest BCUT2D eigenvalue weighted by Crippen LogP contribution is -2.62. The fraction of sp³-hybridized carbons (Fsp3) is 0.818. The molecule has 1 saturated heterocycles. The van der Waals surface area contributed by atoms with E-state index in [0.29, 0.717) is 13.0 Å². The quantitative estimate of drug-likeness (QED) is 0.200. The molecule has 0 aromatic heterocycles. The molecule has 0 bridgehead atoms. The van der Waals surface area contributed by atoms with Crippen LogP contribution in [0.5, 0.6) is 0 Å². The summed E-state index contributed by atoms with van der Waals surface area (Å²) in [4.78, 5) is 79.7. The van der Waals surface area contributed by atoms with E-state index in [4.69, 9.17) is 10.5 Å². The normalized spacial score (nSPS) is 24.4. The molecule has 0 aromatic carbocycles. The molecule has 1 heterocycles. The standard InChI is InChI=1S/C33H55N5O7/c1-30(2,3)20(16-45-28(43)32(7,8)9)36-29(44)37-24(31(4,5)6)27(42)38-15-18-21(33(18,10)11)22(38)26(41)35-19(14-17-12-13-17)23(39)25(34)40/h17-22,24H,12-16H2,1-11H3,(H2,34,40)(H,35,41)(H2,36,37,44)/t18-,19?,20+,21-,22-,24+/m0/s1. The molecule has 1 unspecified atom stereocenters. The summed E-state index contributed by atoms with van der Waals surface area (Å²) in [5.41, 5.74) is 3.20. The number of esters is 1. The largest absolute Gasteiger partial charge is 0.463 e. The van der Waals surface area contributed by atoms with E-state index in [1.165, 1.54) is 4.90 Å². The van der Waals surface area contributed by atoms with Gasteiger partial charge in [-0.15, -0.1) is 0 Å². The van der Waals surface area contributed by atoms with Gasteiger partial charge in [-0.1, -0.05) is 68.2 Å². The van der Waals surface area contributed by atoms with Crippen molar-refractivity contribution in [1.82, 2.24) is 20.9 Å². The second-order valence-corrected chi connectivity index (χ2v) is 17.0. The van der Waals surface area contributed by atoms with Crippen LogP contribution in [0.3, 0.4) is 0 Å². The van der Waals surface area contributed by atoms with Gasteiger partial charge in [0.05, 0.1) is 17.5 Å². The van der Waals surface area contributed by atoms with Crippen molar-refractivity contribution in [2.24, 2.45) is 45.1 Å². The van der Waals surface area contributed by atoms with Gasteiger partial charge < -0.3 is 31.3 Å². The van der Waals surface area contributed by atoms with Gasteiger partial charge >= 0.3 is 12.0 Å². The first-order valence-corrected chi connectivity index (χ1v) is 16.1. The van der Waals surface area contributed by atoms with Gasteiger partial charge in [0.25, 0.3) is 5.91 Å². The van der Waals surface area contributed by atoms with Gasteiger partial charge in [0.1, 0.15) is 18.7 Å². The third kappa shape index (κ3) is 8.55. The molecule has 0 spiro atoms. The summed E-state index contributed by atoms with van der Waals surface area (Å²) in [6.07, 6.45) is 2.17. The van der Waals surface area contributed by atoms with E-state index in [1.807, 2.05) is 55.4 Å². The maximum absolute atomic E-state index is 14.2. The fourth-order valence-electron chi connectivity index (χ4n) is 6.19. The van der Waals surface area contributed by atoms with Crippen LogP contribution in [0.15, 0.2) is 0 Å². The van der Waals surface area contributed by atoms with E-state index in [-0.39, 0.29) is 29.8 Å². The second kappa shape index (κ2) is 12.5. The molecule has 2 saturated carbocycles. The van der Waals surface area contributed by atoms with Crippen LogP contribution >= 0.6 is 0 Å². The maximum atomic E-state index is 14.2. The molecule has 0 radical (unpaired) electrons. The molecule has 12 nitrogen and oxygen atoms in total. The van der Waals surface area contributed by atoms with Crippen LogP contribution in [-0.4, -0.2) is 77.7 Å². The molecular weight excluding hydrogens is 578 g/mol. The Balaban J connectivity index is 1.80. The smallest absolute Gasteiger partial charge is 0.315 e. The number of fused-ring (bicyclic) bond motifs is 1. The van der Waals surface area contributed by atoms with E-state index in [9.17, 15) is 28.8 Å². The third-order valence-corrected chi connectivity index (χ3v) is 9.63. The number of carbonyl (C=O) groups excluding carboxylic acids is 6. The average molecular weight is 634 g/mol. The van der Waals surface area contributed by atoms with E-state index >= 15 is 0 Å². The van der Waals surface area contributed by atoms with Crippen LogP contribution in [0.2, 0.25) is 0 Å². The Labute approximate surface area is 267 Å². The van der Waals surface area contributed by atoms with Gasteiger partial charge in [-0.3, -0.25) is 24.0 Å². The van der Waals surface area contributed by atoms with Crippen LogP contribution in [-0.2, 0) is 28.7 Å². The topological polar surface area (TPSA) is 177 Å². The Kier molecular flexibility index (Phi) is 10.1. The number of hydrogen-bond donors (Lipinski definition) is 4. The number of amides is 5. The number of likely N-dealkylation sites (tertiary alicyclic amines) is 1. The van der Waals surface area contributed by atoms with E-state index in [0.717, 1.165) is 12.8 Å². The molecule has 45 heavy (non-hydrogen) atoms. The van der Waals surface area contributed by atoms with Crippen molar-refractivity contribution in [3.8, 4) is 0 Å². The van der Waals surface area contributed by atoms with Crippen molar-refractivity contribution in [3.63, 3.8) is 0 Å². The van der Waals surface area contributed by atoms with Crippen molar-refractivity contribution in [3.05, 3.63) is 0 Å². The number of nitrogens with zero attached hydrogens (tertiary/aromatic N) is 1. The fourth-order valence-corrected chi connectivity index (χ4v) is 6.19. The Morgan fingerprint density at radius 1 is 0.889 bits per heavy atom. The summed E-state index contributed by atoms with van der Waals surface area (Å²) in [7, 11) is 0. The van der Waals surface area contributed by atoms with Crippen molar-refractivity contribution in [1.29, 1.82) is 0 Å². The number of nitrogens with one attached hydrogen (secondary N) is 3. The highest BCUT2D eigenvalue weighted by atomic mass is 16.5. The van der Waals surface area contributed by atoms with Gasteiger partial charge in [0.15, 0.2) is 0 Å². The lowest BCUT2D eigenvalue weighted by Gasteiger charge is -2.38. The molecule has 2 aliphatic carbocycles. The molecular formula is C33H55N5O7. The first-order valence-electron chi connectivity index (χ1n) is 16.1. The SMILES string of the molecule is CC(C)(C)C(=O)OC[C@@H](NC(=O)N[C@H](C(=O)N1C[C@H]2[C@@H]([C@H]1C(=O)NC(CC1CC1)C(=O)C(N)=O)C2(C)C)C(C)(C)C)C(C)(C)C. The number of ketones is 1. The average Bonchev–Trinajstić information content (AvgIpc) is 3.73. The highest BCUT2D eigenvalue weighted by molar-refractivity contribution is 6.37. The van der Waals surface area contributed by atoms with Crippen molar-refractivity contribution < 1.29 is 33.5 Å². The summed E-state index contributed by atoms with van der Waals surface area (Å²) in [6, 6.07) is -4.06. The van der Waals surface area contributed by atoms with Gasteiger partial charge in [0, 0.05) is 6.54 Å². The zero-order valence-electron chi connectivity index (χ0n) is 29.0. The Hall–Kier alpha value is -3.18. The summed E-state index contributed by atoms with van der Waals surface area (Å²) in [6.45, 7) is 20.9. The Morgan fingerprint density at radius 3 is 1.93 bits per heavy atom. The van der Waals surface area contributed by atoms with Crippen LogP contribution in [0.1, 0.15) is 95.4 Å². The number of nitrogens with two attached hydrogens (primary N) is 1. The number of hydrogen-bond acceptors (Lipinski definition) is 7. The lowest BCUT2D eigenvalue weighted by atomic mass is 9.85. The highest BCUT2D eigenvalue weighted by Gasteiger charge is 2.70.